The molecule has 1 unspecified atom stereocenters. The van der Waals surface area contributed by atoms with Crippen LogP contribution in [-0.2, 0) is 10.2 Å². The van der Waals surface area contributed by atoms with E-state index in [1.807, 2.05) is 0 Å². The lowest BCUT2D eigenvalue weighted by Crippen LogP contribution is -2.42. The molecular weight excluding hydrogens is 320 g/mol. The molecule has 1 saturated carbocycles. The van der Waals surface area contributed by atoms with Crippen molar-refractivity contribution in [2.45, 2.75) is 77.0 Å². The highest BCUT2D eigenvalue weighted by molar-refractivity contribution is 5.98. The number of unbranched alkanes of at least 4 members (excludes halogenated alkanes) is 2. The quantitative estimate of drug-likeness (QED) is 0.596. The smallest absolute Gasteiger partial charge is 0.230 e. The van der Waals surface area contributed by atoms with Crippen LogP contribution in [0.2, 0.25) is 0 Å². The van der Waals surface area contributed by atoms with Crippen LogP contribution in [0.1, 0.15) is 77.2 Å². The van der Waals surface area contributed by atoms with E-state index in [4.69, 9.17) is 0 Å². The molecule has 1 N–H and O–H groups in total. The van der Waals surface area contributed by atoms with Crippen molar-refractivity contribution in [1.82, 2.24) is 5.32 Å². The van der Waals surface area contributed by atoms with Gasteiger partial charge < -0.3 is 10.2 Å². The summed E-state index contributed by atoms with van der Waals surface area (Å²) in [6, 6.07) is 8.65. The fraction of sp³-hybridized carbons (Fsp3) is 0.696. The number of hydrogen-bond acceptors (Lipinski definition) is 2. The van der Waals surface area contributed by atoms with Gasteiger partial charge in [0, 0.05) is 23.6 Å². The van der Waals surface area contributed by atoms with Crippen LogP contribution in [0.25, 0.3) is 0 Å². The molecule has 0 spiro atoms. The molecule has 0 radical (unpaired) electrons. The third-order valence-electron chi connectivity index (χ3n) is 6.59. The van der Waals surface area contributed by atoms with Crippen LogP contribution in [0.5, 0.6) is 0 Å². The van der Waals surface area contributed by atoms with Gasteiger partial charge in [0.05, 0.1) is 0 Å². The lowest BCUT2D eigenvalue weighted by molar-refractivity contribution is -0.124. The molecule has 144 valence electrons. The lowest BCUT2D eigenvalue weighted by Gasteiger charge is -2.32. The third-order valence-corrected chi connectivity index (χ3v) is 6.59. The van der Waals surface area contributed by atoms with Crippen molar-refractivity contribution in [3.63, 3.8) is 0 Å². The van der Waals surface area contributed by atoms with E-state index in [9.17, 15) is 4.79 Å². The maximum atomic E-state index is 13.0. The second kappa shape index (κ2) is 9.03. The predicted octanol–water partition coefficient (Wildman–Crippen LogP) is 5.04. The standard InChI is InChI=1S/C23H36N2O/c1-3-5-8-16-24-17-10-15-23(4-2)18-25(22(26)19-11-9-12-19)21-14-7-6-13-20(21)23/h6-7,13-14,19,24H,3-5,8-12,15-18H2,1-2H3. The van der Waals surface area contributed by atoms with Gasteiger partial charge in [-0.15, -0.1) is 0 Å². The largest absolute Gasteiger partial charge is 0.317 e. The highest BCUT2D eigenvalue weighted by Gasteiger charge is 2.44. The van der Waals surface area contributed by atoms with Crippen LogP contribution >= 0.6 is 0 Å². The molecule has 3 rings (SSSR count). The van der Waals surface area contributed by atoms with Gasteiger partial charge in [0.1, 0.15) is 0 Å². The Morgan fingerprint density at radius 3 is 2.62 bits per heavy atom. The maximum Gasteiger partial charge on any atom is 0.230 e. The van der Waals surface area contributed by atoms with Gasteiger partial charge in [0.25, 0.3) is 0 Å². The zero-order valence-electron chi connectivity index (χ0n) is 16.7. The Hall–Kier alpha value is -1.35. The first-order valence-electron chi connectivity index (χ1n) is 10.8. The normalized spacial score (nSPS) is 22.3. The zero-order valence-corrected chi connectivity index (χ0v) is 16.7. The Kier molecular flexibility index (Phi) is 6.74. The number of fused-ring (bicyclic) bond motifs is 1. The van der Waals surface area contributed by atoms with Gasteiger partial charge >= 0.3 is 0 Å². The minimum atomic E-state index is 0.140. The summed E-state index contributed by atoms with van der Waals surface area (Å²) in [5.74, 6) is 0.646. The predicted molar refractivity (Wildman–Crippen MR) is 110 cm³/mol. The van der Waals surface area contributed by atoms with E-state index in [0.717, 1.165) is 45.3 Å². The Morgan fingerprint density at radius 2 is 1.92 bits per heavy atom. The van der Waals surface area contributed by atoms with Crippen LogP contribution in [-0.4, -0.2) is 25.5 Å². The first-order valence-corrected chi connectivity index (χ1v) is 10.8. The van der Waals surface area contributed by atoms with Crippen molar-refractivity contribution in [2.75, 3.05) is 24.5 Å². The van der Waals surface area contributed by atoms with E-state index in [1.165, 1.54) is 43.4 Å². The maximum absolute atomic E-state index is 13.0. The van der Waals surface area contributed by atoms with Crippen LogP contribution in [0.4, 0.5) is 5.69 Å². The first kappa shape index (κ1) is 19.4. The number of rotatable bonds is 10. The van der Waals surface area contributed by atoms with Gasteiger partial charge in [-0.2, -0.15) is 0 Å². The van der Waals surface area contributed by atoms with Gasteiger partial charge in [0.15, 0.2) is 0 Å². The Morgan fingerprint density at radius 1 is 1.15 bits per heavy atom. The number of carbonyl (C=O) groups is 1. The lowest BCUT2D eigenvalue weighted by atomic mass is 9.76. The minimum Gasteiger partial charge on any atom is -0.317 e. The molecule has 1 aliphatic carbocycles. The molecule has 1 aromatic carbocycles. The van der Waals surface area contributed by atoms with Crippen molar-refractivity contribution in [3.05, 3.63) is 29.8 Å². The van der Waals surface area contributed by atoms with Crippen LogP contribution in [0, 0.1) is 5.92 Å². The molecule has 1 heterocycles. The van der Waals surface area contributed by atoms with E-state index in [-0.39, 0.29) is 11.3 Å². The van der Waals surface area contributed by atoms with Crippen LogP contribution in [0.3, 0.4) is 0 Å². The first-order chi connectivity index (χ1) is 12.7. The molecule has 3 heteroatoms. The van der Waals surface area contributed by atoms with Crippen molar-refractivity contribution in [1.29, 1.82) is 0 Å². The number of benzene rings is 1. The van der Waals surface area contributed by atoms with Gasteiger partial charge in [-0.05, 0) is 63.2 Å². The number of nitrogens with one attached hydrogen (secondary N) is 1. The molecule has 1 amide bonds. The number of hydrogen-bond donors (Lipinski definition) is 1. The van der Waals surface area contributed by atoms with Crippen molar-refractivity contribution in [3.8, 4) is 0 Å². The van der Waals surface area contributed by atoms with Gasteiger partial charge in [0.2, 0.25) is 5.91 Å². The second-order valence-corrected chi connectivity index (χ2v) is 8.26. The highest BCUT2D eigenvalue weighted by Crippen LogP contribution is 2.47. The van der Waals surface area contributed by atoms with Crippen molar-refractivity contribution < 1.29 is 4.79 Å². The Labute approximate surface area is 159 Å². The molecule has 1 fully saturated rings. The molecule has 1 aromatic rings. The number of carbonyl (C=O) groups excluding carboxylic acids is 1. The van der Waals surface area contributed by atoms with E-state index in [1.54, 1.807) is 0 Å². The summed E-state index contributed by atoms with van der Waals surface area (Å²) in [6.07, 6.45) is 10.7. The highest BCUT2D eigenvalue weighted by atomic mass is 16.2. The molecule has 3 nitrogen and oxygen atoms in total. The number of anilines is 1. The molecule has 26 heavy (non-hydrogen) atoms. The number of amides is 1. The SMILES string of the molecule is CCCCCNCCCC1(CC)CN(C(=O)C2CCC2)c2ccccc21. The summed E-state index contributed by atoms with van der Waals surface area (Å²) in [6.45, 7) is 7.65. The third kappa shape index (κ3) is 3.98. The average molecular weight is 357 g/mol. The molecule has 1 atom stereocenters. The van der Waals surface area contributed by atoms with Crippen molar-refractivity contribution in [2.24, 2.45) is 5.92 Å². The average Bonchev–Trinajstić information content (AvgIpc) is 2.95. The molecular formula is C23H36N2O. The van der Waals surface area contributed by atoms with E-state index < -0.39 is 0 Å². The summed E-state index contributed by atoms with van der Waals surface area (Å²) < 4.78 is 0. The fourth-order valence-electron chi connectivity index (χ4n) is 4.57. The molecule has 1 aliphatic heterocycles. The molecule has 0 bridgehead atoms. The Bertz CT molecular complexity index is 596. The van der Waals surface area contributed by atoms with E-state index in [2.05, 4.69) is 48.3 Å². The molecule has 2 aliphatic rings. The van der Waals surface area contributed by atoms with E-state index >= 15 is 0 Å². The van der Waals surface area contributed by atoms with Gasteiger partial charge in [-0.3, -0.25) is 4.79 Å². The second-order valence-electron chi connectivity index (χ2n) is 8.26. The topological polar surface area (TPSA) is 32.3 Å². The monoisotopic (exact) mass is 356 g/mol. The van der Waals surface area contributed by atoms with Crippen LogP contribution < -0.4 is 10.2 Å². The molecule has 0 saturated heterocycles. The number of para-hydroxylation sites is 1. The zero-order chi connectivity index (χ0) is 18.4. The Balaban J connectivity index is 1.63. The summed E-state index contributed by atoms with van der Waals surface area (Å²) in [5, 5.41) is 3.60. The summed E-state index contributed by atoms with van der Waals surface area (Å²) in [5.41, 5.74) is 2.73. The van der Waals surface area contributed by atoms with Gasteiger partial charge in [-0.1, -0.05) is 51.3 Å². The van der Waals surface area contributed by atoms with Crippen LogP contribution in [0.15, 0.2) is 24.3 Å². The van der Waals surface area contributed by atoms with E-state index in [0.29, 0.717) is 5.91 Å². The van der Waals surface area contributed by atoms with Crippen molar-refractivity contribution >= 4 is 11.6 Å². The summed E-state index contributed by atoms with van der Waals surface area (Å²) in [4.78, 5) is 15.1. The summed E-state index contributed by atoms with van der Waals surface area (Å²) >= 11 is 0. The minimum absolute atomic E-state index is 0.140. The van der Waals surface area contributed by atoms with Gasteiger partial charge in [-0.25, -0.2) is 0 Å². The number of nitrogens with zero attached hydrogens (tertiary/aromatic N) is 1. The fourth-order valence-corrected chi connectivity index (χ4v) is 4.57. The summed E-state index contributed by atoms with van der Waals surface area (Å²) in [7, 11) is 0. The molecule has 0 aromatic heterocycles.